The Balaban J connectivity index is 2.68. The van der Waals surface area contributed by atoms with Gasteiger partial charge >= 0.3 is 0 Å². The van der Waals surface area contributed by atoms with Gasteiger partial charge in [-0.15, -0.1) is 0 Å². The Hall–Kier alpha value is -0.790. The minimum absolute atomic E-state index is 0.537. The molecule has 56 valence electrons. The summed E-state index contributed by atoms with van der Waals surface area (Å²) in [5.41, 5.74) is 0. The molecular weight excluding hydrogens is 124 g/mol. The first-order valence-corrected chi connectivity index (χ1v) is 3.71. The zero-order valence-corrected chi connectivity index (χ0v) is 6.76. The van der Waals surface area contributed by atoms with Crippen LogP contribution in [0.1, 0.15) is 32.5 Å². The second kappa shape index (κ2) is 2.86. The fourth-order valence-electron chi connectivity index (χ4n) is 0.842. The summed E-state index contributed by atoms with van der Waals surface area (Å²) in [5, 5.41) is 0. The van der Waals surface area contributed by atoms with Crippen molar-refractivity contribution in [2.75, 3.05) is 0 Å². The van der Waals surface area contributed by atoms with Gasteiger partial charge in [0.1, 0.15) is 5.82 Å². The standard InChI is InChI=1S/C8H14N2/c1-6(2)7(3)8-9-4-5-10-8/h4-7H,1-3H3,(H,9,10). The first-order chi connectivity index (χ1) is 4.72. The van der Waals surface area contributed by atoms with E-state index in [0.29, 0.717) is 11.8 Å². The Bertz CT molecular complexity index is 177. The first-order valence-electron chi connectivity index (χ1n) is 3.71. The van der Waals surface area contributed by atoms with E-state index in [0.717, 1.165) is 5.82 Å². The number of aromatic nitrogens is 2. The molecule has 0 aliphatic heterocycles. The van der Waals surface area contributed by atoms with Gasteiger partial charge in [-0.3, -0.25) is 0 Å². The smallest absolute Gasteiger partial charge is 0.109 e. The van der Waals surface area contributed by atoms with Gasteiger partial charge in [0.25, 0.3) is 0 Å². The summed E-state index contributed by atoms with van der Waals surface area (Å²) in [7, 11) is 0. The average Bonchev–Trinajstić information content (AvgIpc) is 2.36. The van der Waals surface area contributed by atoms with E-state index < -0.39 is 0 Å². The fourth-order valence-corrected chi connectivity index (χ4v) is 0.842. The van der Waals surface area contributed by atoms with Crippen LogP contribution in [0.15, 0.2) is 12.4 Å². The van der Waals surface area contributed by atoms with Crippen molar-refractivity contribution in [3.8, 4) is 0 Å². The molecule has 1 rings (SSSR count). The van der Waals surface area contributed by atoms with Crippen molar-refractivity contribution in [2.24, 2.45) is 5.92 Å². The molecule has 0 bridgehead atoms. The van der Waals surface area contributed by atoms with Crippen LogP contribution in [-0.4, -0.2) is 9.97 Å². The van der Waals surface area contributed by atoms with Gasteiger partial charge < -0.3 is 4.98 Å². The lowest BCUT2D eigenvalue weighted by atomic mass is 9.98. The minimum Gasteiger partial charge on any atom is -0.348 e. The summed E-state index contributed by atoms with van der Waals surface area (Å²) in [6.07, 6.45) is 3.67. The summed E-state index contributed by atoms with van der Waals surface area (Å²) >= 11 is 0. The Morgan fingerprint density at radius 1 is 1.40 bits per heavy atom. The molecule has 0 saturated carbocycles. The van der Waals surface area contributed by atoms with E-state index in [2.05, 4.69) is 30.7 Å². The molecule has 2 nitrogen and oxygen atoms in total. The Labute approximate surface area is 61.7 Å². The molecule has 0 aliphatic carbocycles. The number of hydrogen-bond acceptors (Lipinski definition) is 1. The van der Waals surface area contributed by atoms with Gasteiger partial charge in [0.15, 0.2) is 0 Å². The Morgan fingerprint density at radius 3 is 2.50 bits per heavy atom. The topological polar surface area (TPSA) is 28.7 Å². The Kier molecular flexibility index (Phi) is 2.10. The molecule has 0 radical (unpaired) electrons. The third-order valence-corrected chi connectivity index (χ3v) is 1.95. The number of H-pyrrole nitrogens is 1. The van der Waals surface area contributed by atoms with Crippen LogP contribution in [-0.2, 0) is 0 Å². The van der Waals surface area contributed by atoms with Gasteiger partial charge in [-0.2, -0.15) is 0 Å². The van der Waals surface area contributed by atoms with Gasteiger partial charge in [-0.05, 0) is 5.92 Å². The highest BCUT2D eigenvalue weighted by Crippen LogP contribution is 2.18. The van der Waals surface area contributed by atoms with Crippen molar-refractivity contribution in [1.29, 1.82) is 0 Å². The van der Waals surface area contributed by atoms with Crippen molar-refractivity contribution in [3.63, 3.8) is 0 Å². The highest BCUT2D eigenvalue weighted by atomic mass is 14.9. The van der Waals surface area contributed by atoms with E-state index in [1.54, 1.807) is 6.20 Å². The highest BCUT2D eigenvalue weighted by Gasteiger charge is 2.10. The van der Waals surface area contributed by atoms with Crippen LogP contribution >= 0.6 is 0 Å². The molecule has 1 atom stereocenters. The maximum atomic E-state index is 4.18. The summed E-state index contributed by atoms with van der Waals surface area (Å²) in [5.74, 6) is 2.29. The number of aromatic amines is 1. The third-order valence-electron chi connectivity index (χ3n) is 1.95. The first kappa shape index (κ1) is 7.32. The van der Waals surface area contributed by atoms with Crippen LogP contribution in [0.2, 0.25) is 0 Å². The average molecular weight is 138 g/mol. The van der Waals surface area contributed by atoms with E-state index in [1.165, 1.54) is 0 Å². The predicted octanol–water partition coefficient (Wildman–Crippen LogP) is 2.17. The van der Waals surface area contributed by atoms with Gasteiger partial charge in [0.2, 0.25) is 0 Å². The van der Waals surface area contributed by atoms with Crippen molar-refractivity contribution in [3.05, 3.63) is 18.2 Å². The maximum Gasteiger partial charge on any atom is 0.109 e. The predicted molar refractivity (Wildman–Crippen MR) is 41.8 cm³/mol. The van der Waals surface area contributed by atoms with Gasteiger partial charge in [0, 0.05) is 18.3 Å². The number of nitrogens with zero attached hydrogens (tertiary/aromatic N) is 1. The molecule has 0 aromatic carbocycles. The molecule has 0 spiro atoms. The molecule has 10 heavy (non-hydrogen) atoms. The molecule has 1 aromatic rings. The molecule has 2 heteroatoms. The lowest BCUT2D eigenvalue weighted by Crippen LogP contribution is -2.03. The van der Waals surface area contributed by atoms with Crippen LogP contribution in [0.25, 0.3) is 0 Å². The van der Waals surface area contributed by atoms with E-state index in [9.17, 15) is 0 Å². The molecule has 1 aromatic heterocycles. The quantitative estimate of drug-likeness (QED) is 0.666. The van der Waals surface area contributed by atoms with Crippen LogP contribution in [0.5, 0.6) is 0 Å². The van der Waals surface area contributed by atoms with Crippen molar-refractivity contribution in [1.82, 2.24) is 9.97 Å². The monoisotopic (exact) mass is 138 g/mol. The van der Waals surface area contributed by atoms with Crippen LogP contribution in [0.3, 0.4) is 0 Å². The van der Waals surface area contributed by atoms with Crippen molar-refractivity contribution < 1.29 is 0 Å². The molecule has 0 saturated heterocycles. The largest absolute Gasteiger partial charge is 0.348 e. The molecule has 1 unspecified atom stereocenters. The lowest BCUT2D eigenvalue weighted by molar-refractivity contribution is 0.514. The fraction of sp³-hybridized carbons (Fsp3) is 0.625. The zero-order valence-electron chi connectivity index (χ0n) is 6.76. The number of rotatable bonds is 2. The second-order valence-corrected chi connectivity index (χ2v) is 3.01. The third kappa shape index (κ3) is 1.38. The van der Waals surface area contributed by atoms with Crippen LogP contribution in [0.4, 0.5) is 0 Å². The van der Waals surface area contributed by atoms with Crippen LogP contribution in [0, 0.1) is 5.92 Å². The number of imidazole rings is 1. The zero-order chi connectivity index (χ0) is 7.56. The molecule has 0 aliphatic rings. The number of nitrogens with one attached hydrogen (secondary N) is 1. The summed E-state index contributed by atoms with van der Waals surface area (Å²) in [6.45, 7) is 6.59. The van der Waals surface area contributed by atoms with Crippen molar-refractivity contribution in [2.45, 2.75) is 26.7 Å². The highest BCUT2D eigenvalue weighted by molar-refractivity contribution is 4.95. The minimum atomic E-state index is 0.537. The van der Waals surface area contributed by atoms with E-state index in [-0.39, 0.29) is 0 Å². The van der Waals surface area contributed by atoms with Crippen LogP contribution < -0.4 is 0 Å². The summed E-state index contributed by atoms with van der Waals surface area (Å²) in [6, 6.07) is 0. The SMILES string of the molecule is CC(C)C(C)c1ncc[nH]1. The molecule has 1 N–H and O–H groups in total. The van der Waals surface area contributed by atoms with E-state index in [4.69, 9.17) is 0 Å². The molecular formula is C8H14N2. The van der Waals surface area contributed by atoms with Gasteiger partial charge in [0.05, 0.1) is 0 Å². The van der Waals surface area contributed by atoms with E-state index in [1.807, 2.05) is 6.20 Å². The van der Waals surface area contributed by atoms with Crippen molar-refractivity contribution >= 4 is 0 Å². The summed E-state index contributed by atoms with van der Waals surface area (Å²) < 4.78 is 0. The van der Waals surface area contributed by atoms with E-state index >= 15 is 0 Å². The summed E-state index contributed by atoms with van der Waals surface area (Å²) in [4.78, 5) is 7.29. The molecule has 0 amide bonds. The van der Waals surface area contributed by atoms with Gasteiger partial charge in [-0.1, -0.05) is 20.8 Å². The number of hydrogen-bond donors (Lipinski definition) is 1. The Morgan fingerprint density at radius 2 is 2.10 bits per heavy atom. The maximum absolute atomic E-state index is 4.18. The lowest BCUT2D eigenvalue weighted by Gasteiger charge is -2.11. The normalized spacial score (nSPS) is 14.0. The van der Waals surface area contributed by atoms with Gasteiger partial charge in [-0.25, -0.2) is 4.98 Å². The molecule has 0 fully saturated rings. The molecule has 1 heterocycles. The second-order valence-electron chi connectivity index (χ2n) is 3.01.